The summed E-state index contributed by atoms with van der Waals surface area (Å²) in [5.74, 6) is 0. The molecule has 1 radical (unpaired) electrons. The molecule has 27 valence electrons. The summed E-state index contributed by atoms with van der Waals surface area (Å²) in [5.41, 5.74) is 0. The minimum absolute atomic E-state index is 0.0685. The third-order valence-corrected chi connectivity index (χ3v) is 4.06. The second kappa shape index (κ2) is 5.25. The van der Waals surface area contributed by atoms with E-state index in [9.17, 15) is 0 Å². The molecular formula is C3H5Sb2. The van der Waals surface area contributed by atoms with Crippen LogP contribution >= 0.6 is 0 Å². The first-order valence-corrected chi connectivity index (χ1v) is 6.12. The van der Waals surface area contributed by atoms with Gasteiger partial charge in [0.15, 0.2) is 0 Å². The topological polar surface area (TPSA) is 0 Å². The average Bonchev–Trinajstić information content (AvgIpc) is 1.41. The standard InChI is InChI=1S/C2H2.CH2.2Sb.H/c1-2;;;;/h1-2H;1H2;;;. The molecule has 0 aromatic carbocycles. The SMILES string of the molecule is [CH2]=[Sb][CH]=[CH][SbH]. The van der Waals surface area contributed by atoms with Gasteiger partial charge in [-0.05, 0) is 0 Å². The van der Waals surface area contributed by atoms with Crippen molar-refractivity contribution in [3.8, 4) is 0 Å². The molecule has 0 bridgehead atoms. The zero-order chi connectivity index (χ0) is 4.12. The van der Waals surface area contributed by atoms with Crippen LogP contribution in [0, 0.1) is 0 Å². The second-order valence-electron chi connectivity index (χ2n) is 0.498. The predicted octanol–water partition coefficient (Wildman–Crippen LogP) is -0.505. The van der Waals surface area contributed by atoms with Gasteiger partial charge in [0.25, 0.3) is 0 Å². The maximum atomic E-state index is 3.75. The molecule has 0 heterocycles. The van der Waals surface area contributed by atoms with E-state index in [1.54, 1.807) is 0 Å². The molecule has 0 aliphatic carbocycles. The molecular weight excluding hydrogens is 280 g/mol. The molecule has 0 aromatic heterocycles. The van der Waals surface area contributed by atoms with Gasteiger partial charge in [0.1, 0.15) is 0 Å². The van der Waals surface area contributed by atoms with Crippen LogP contribution in [0.3, 0.4) is 0 Å². The second-order valence-corrected chi connectivity index (χ2v) is 3.34. The number of rotatable bonds is 1. The van der Waals surface area contributed by atoms with Crippen LogP contribution in [-0.4, -0.2) is 48.6 Å². The maximum absolute atomic E-state index is 3.75. The molecule has 0 rings (SSSR count). The molecule has 0 nitrogen and oxygen atoms in total. The molecule has 0 saturated carbocycles. The van der Waals surface area contributed by atoms with Crippen LogP contribution in [0.5, 0.6) is 0 Å². The van der Waals surface area contributed by atoms with Crippen LogP contribution in [0.2, 0.25) is 0 Å². The van der Waals surface area contributed by atoms with Crippen molar-refractivity contribution in [2.75, 3.05) is 0 Å². The molecule has 0 aliphatic heterocycles. The van der Waals surface area contributed by atoms with Gasteiger partial charge in [0, 0.05) is 0 Å². The van der Waals surface area contributed by atoms with Gasteiger partial charge < -0.3 is 0 Å². The van der Waals surface area contributed by atoms with E-state index in [2.05, 4.69) is 12.5 Å². The summed E-state index contributed by atoms with van der Waals surface area (Å²) < 4.78 is 8.11. The fourth-order valence-electron chi connectivity index (χ4n) is 0.0527. The Bertz CT molecular complexity index is 46.9. The van der Waals surface area contributed by atoms with Crippen LogP contribution in [0.25, 0.3) is 0 Å². The van der Waals surface area contributed by atoms with E-state index in [-0.39, 0.29) is 21.1 Å². The number of hydrogen-bond acceptors (Lipinski definition) is 0. The summed E-state index contributed by atoms with van der Waals surface area (Å²) >= 11 is 1.43. The Kier molecular flexibility index (Phi) is 6.55. The predicted molar refractivity (Wildman–Crippen MR) is 29.2 cm³/mol. The third kappa shape index (κ3) is 5.25. The van der Waals surface area contributed by atoms with Crippen molar-refractivity contribution in [2.45, 2.75) is 0 Å². The molecule has 0 amide bonds. The summed E-state index contributed by atoms with van der Waals surface area (Å²) in [6.07, 6.45) is 0. The van der Waals surface area contributed by atoms with Crippen molar-refractivity contribution in [2.24, 2.45) is 0 Å². The van der Waals surface area contributed by atoms with Gasteiger partial charge in [-0.1, -0.05) is 0 Å². The molecule has 0 spiro atoms. The van der Waals surface area contributed by atoms with Gasteiger partial charge in [-0.25, -0.2) is 0 Å². The fourth-order valence-corrected chi connectivity index (χ4v) is 2.37. The molecule has 2 heteroatoms. The van der Waals surface area contributed by atoms with Crippen molar-refractivity contribution in [3.63, 3.8) is 0 Å². The van der Waals surface area contributed by atoms with Crippen molar-refractivity contribution in [3.05, 3.63) is 8.05 Å². The van der Waals surface area contributed by atoms with E-state index in [0.29, 0.717) is 0 Å². The van der Waals surface area contributed by atoms with Crippen LogP contribution in [0.1, 0.15) is 0 Å². The molecule has 0 fully saturated rings. The number of hydrogen-bond donors (Lipinski definition) is 0. The summed E-state index contributed by atoms with van der Waals surface area (Å²) in [5, 5.41) is 0. The average molecular weight is 285 g/mol. The quantitative estimate of drug-likeness (QED) is 0.569. The zero-order valence-corrected chi connectivity index (χ0v) is 8.22. The molecule has 0 atom stereocenters. The van der Waals surface area contributed by atoms with E-state index in [0.717, 1.165) is 0 Å². The monoisotopic (exact) mass is 283 g/mol. The van der Waals surface area contributed by atoms with Crippen LogP contribution in [0.15, 0.2) is 8.05 Å². The van der Waals surface area contributed by atoms with Crippen LogP contribution < -0.4 is 0 Å². The summed E-state index contributed by atoms with van der Waals surface area (Å²) in [4.78, 5) is 0. The molecule has 0 aromatic rings. The van der Waals surface area contributed by atoms with Gasteiger partial charge in [-0.3, -0.25) is 0 Å². The third-order valence-electron chi connectivity index (χ3n) is 0.180. The molecule has 0 aliphatic rings. The van der Waals surface area contributed by atoms with Crippen molar-refractivity contribution in [1.29, 1.82) is 0 Å². The Morgan fingerprint density at radius 2 is 2.40 bits per heavy atom. The molecule has 0 saturated heterocycles. The Morgan fingerprint density at radius 3 is 2.40 bits per heavy atom. The van der Waals surface area contributed by atoms with Gasteiger partial charge >= 0.3 is 56.7 Å². The summed E-state index contributed by atoms with van der Waals surface area (Å²) in [6.45, 7) is 0. The molecule has 0 unspecified atom stereocenters. The normalized spacial score (nSPS) is 9.00. The zero-order valence-electron chi connectivity index (χ0n) is 2.81. The van der Waals surface area contributed by atoms with Gasteiger partial charge in [0.05, 0.1) is 0 Å². The summed E-state index contributed by atoms with van der Waals surface area (Å²) in [7, 11) is 0. The molecule has 5 heavy (non-hydrogen) atoms. The minimum atomic E-state index is -0.0685. The van der Waals surface area contributed by atoms with E-state index in [1.807, 2.05) is 0 Å². The van der Waals surface area contributed by atoms with Crippen LogP contribution in [0.4, 0.5) is 0 Å². The van der Waals surface area contributed by atoms with Crippen molar-refractivity contribution < 1.29 is 0 Å². The Balaban J connectivity index is 2.92. The van der Waals surface area contributed by atoms with Gasteiger partial charge in [0.2, 0.25) is 0 Å². The van der Waals surface area contributed by atoms with E-state index in [1.165, 1.54) is 23.0 Å². The Morgan fingerprint density at radius 1 is 1.80 bits per heavy atom. The first kappa shape index (κ1) is 6.25. The van der Waals surface area contributed by atoms with Crippen LogP contribution in [-0.2, 0) is 0 Å². The molecule has 0 N–H and O–H groups in total. The Labute approximate surface area is 56.1 Å². The van der Waals surface area contributed by atoms with Gasteiger partial charge in [-0.15, -0.1) is 0 Å². The first-order chi connectivity index (χ1) is 2.41. The van der Waals surface area contributed by atoms with Gasteiger partial charge in [-0.2, -0.15) is 0 Å². The summed E-state index contributed by atoms with van der Waals surface area (Å²) in [6, 6.07) is 0. The Hall–Kier alpha value is 1.25. The first-order valence-electron chi connectivity index (χ1n) is 1.20. The van der Waals surface area contributed by atoms with Crippen molar-refractivity contribution in [1.82, 2.24) is 0 Å². The van der Waals surface area contributed by atoms with E-state index in [4.69, 9.17) is 0 Å². The van der Waals surface area contributed by atoms with E-state index < -0.39 is 0 Å². The van der Waals surface area contributed by atoms with Crippen molar-refractivity contribution >= 4 is 48.6 Å². The van der Waals surface area contributed by atoms with E-state index >= 15 is 0 Å². The fraction of sp³-hybridized carbons (Fsp3) is 0.